The van der Waals surface area contributed by atoms with Gasteiger partial charge in [-0.1, -0.05) is 30.3 Å². The molecule has 1 unspecified atom stereocenters. The van der Waals surface area contributed by atoms with Gasteiger partial charge in [-0.15, -0.1) is 0 Å². The van der Waals surface area contributed by atoms with Crippen LogP contribution >= 0.6 is 0 Å². The molecule has 0 N–H and O–H groups in total. The average Bonchev–Trinajstić information content (AvgIpc) is 3.00. The van der Waals surface area contributed by atoms with Crippen molar-refractivity contribution in [2.24, 2.45) is 7.05 Å². The molecule has 3 heterocycles. The van der Waals surface area contributed by atoms with Gasteiger partial charge in [0, 0.05) is 12.6 Å². The Balaban J connectivity index is 1.57. The summed E-state index contributed by atoms with van der Waals surface area (Å²) in [5, 5.41) is 5.79. The molecular formula is C15H16N4O2. The molecule has 21 heavy (non-hydrogen) atoms. The minimum atomic E-state index is -0.0628. The first-order valence-corrected chi connectivity index (χ1v) is 7.00. The highest BCUT2D eigenvalue weighted by atomic mass is 16.7. The van der Waals surface area contributed by atoms with Crippen LogP contribution in [0.5, 0.6) is 0 Å². The Bertz CT molecular complexity index is 682. The summed E-state index contributed by atoms with van der Waals surface area (Å²) in [7, 11) is 1.91. The molecule has 1 aromatic heterocycles. The Morgan fingerprint density at radius 3 is 2.95 bits per heavy atom. The normalized spacial score (nSPS) is 20.0. The maximum Gasteiger partial charge on any atom is 0.345 e. The second-order valence-electron chi connectivity index (χ2n) is 5.43. The summed E-state index contributed by atoms with van der Waals surface area (Å²) in [5.74, 6) is 0. The number of hydrogen-bond donors (Lipinski definition) is 0. The maximum atomic E-state index is 12.4. The first-order valence-electron chi connectivity index (χ1n) is 7.00. The zero-order valence-corrected chi connectivity index (χ0v) is 11.8. The average molecular weight is 284 g/mol. The van der Waals surface area contributed by atoms with Gasteiger partial charge < -0.3 is 4.90 Å². The number of nitrogens with zero attached hydrogens (tertiary/aromatic N) is 4. The van der Waals surface area contributed by atoms with Crippen LogP contribution in [0.1, 0.15) is 22.9 Å². The van der Waals surface area contributed by atoms with Crippen LogP contribution in [0.15, 0.2) is 36.5 Å². The number of aromatic nitrogens is 2. The Kier molecular flexibility index (Phi) is 2.71. The molecule has 2 aliphatic rings. The van der Waals surface area contributed by atoms with Gasteiger partial charge in [0.25, 0.3) is 0 Å². The second kappa shape index (κ2) is 4.60. The number of carbonyl (C=O) groups is 1. The van der Waals surface area contributed by atoms with Crippen molar-refractivity contribution in [1.82, 2.24) is 19.7 Å². The number of amides is 2. The molecule has 0 radical (unpaired) electrons. The zero-order valence-electron chi connectivity index (χ0n) is 11.8. The van der Waals surface area contributed by atoms with E-state index in [1.54, 1.807) is 4.90 Å². The molecule has 0 aliphatic carbocycles. The quantitative estimate of drug-likeness (QED) is 0.864. The lowest BCUT2D eigenvalue weighted by atomic mass is 10.1. The van der Waals surface area contributed by atoms with E-state index in [2.05, 4.69) is 5.10 Å². The standard InChI is InChI=1S/C15H16N4O2/c1-17-13-8-18-9-14(12(13)7-16-17)19(15(18)20)21-10-11-5-3-2-4-6-11/h2-7,14H,8-10H2,1H3. The van der Waals surface area contributed by atoms with Crippen LogP contribution in [-0.2, 0) is 25.0 Å². The van der Waals surface area contributed by atoms with E-state index in [1.165, 1.54) is 5.06 Å². The van der Waals surface area contributed by atoms with Crippen molar-refractivity contribution in [3.8, 4) is 0 Å². The molecule has 1 saturated heterocycles. The van der Waals surface area contributed by atoms with Gasteiger partial charge in [-0.05, 0) is 5.56 Å². The molecule has 2 aliphatic heterocycles. The van der Waals surface area contributed by atoms with Gasteiger partial charge in [0.1, 0.15) is 12.6 Å². The van der Waals surface area contributed by atoms with Gasteiger partial charge in [0.05, 0.1) is 25.0 Å². The molecule has 108 valence electrons. The third-order valence-corrected chi connectivity index (χ3v) is 4.14. The van der Waals surface area contributed by atoms with Gasteiger partial charge in [-0.2, -0.15) is 10.2 Å². The maximum absolute atomic E-state index is 12.4. The summed E-state index contributed by atoms with van der Waals surface area (Å²) >= 11 is 0. The summed E-state index contributed by atoms with van der Waals surface area (Å²) in [6.07, 6.45) is 1.84. The van der Waals surface area contributed by atoms with E-state index in [0.717, 1.165) is 16.8 Å². The van der Waals surface area contributed by atoms with Crippen molar-refractivity contribution < 1.29 is 9.63 Å². The molecular weight excluding hydrogens is 268 g/mol. The van der Waals surface area contributed by atoms with Crippen LogP contribution in [0.2, 0.25) is 0 Å². The lowest BCUT2D eigenvalue weighted by molar-refractivity contribution is -0.141. The highest BCUT2D eigenvalue weighted by molar-refractivity contribution is 5.77. The Morgan fingerprint density at radius 1 is 1.33 bits per heavy atom. The third-order valence-electron chi connectivity index (χ3n) is 4.14. The fraction of sp³-hybridized carbons (Fsp3) is 0.333. The molecule has 1 atom stereocenters. The summed E-state index contributed by atoms with van der Waals surface area (Å²) in [6.45, 7) is 1.67. The molecule has 4 rings (SSSR count). The lowest BCUT2D eigenvalue weighted by Crippen LogP contribution is -2.30. The minimum absolute atomic E-state index is 0.0568. The Labute approximate surface area is 122 Å². The van der Waals surface area contributed by atoms with Crippen LogP contribution in [0, 0.1) is 0 Å². The van der Waals surface area contributed by atoms with Gasteiger partial charge in [-0.3, -0.25) is 9.52 Å². The molecule has 1 aromatic carbocycles. The molecule has 2 aromatic rings. The van der Waals surface area contributed by atoms with E-state index in [4.69, 9.17) is 4.84 Å². The van der Waals surface area contributed by atoms with Gasteiger partial charge in [-0.25, -0.2) is 4.79 Å². The van der Waals surface area contributed by atoms with E-state index in [9.17, 15) is 4.79 Å². The van der Waals surface area contributed by atoms with Gasteiger partial charge in [0.2, 0.25) is 0 Å². The second-order valence-corrected chi connectivity index (χ2v) is 5.43. The van der Waals surface area contributed by atoms with Crippen LogP contribution in [0.3, 0.4) is 0 Å². The number of benzene rings is 1. The van der Waals surface area contributed by atoms with Gasteiger partial charge in [0.15, 0.2) is 0 Å². The summed E-state index contributed by atoms with van der Waals surface area (Å²) in [4.78, 5) is 20.0. The molecule has 6 heteroatoms. The Hall–Kier alpha value is -2.34. The van der Waals surface area contributed by atoms with Crippen LogP contribution in [0.4, 0.5) is 4.79 Å². The van der Waals surface area contributed by atoms with Crippen molar-refractivity contribution in [2.45, 2.75) is 19.2 Å². The van der Waals surface area contributed by atoms with E-state index in [-0.39, 0.29) is 12.1 Å². The van der Waals surface area contributed by atoms with E-state index < -0.39 is 0 Å². The smallest absolute Gasteiger partial charge is 0.314 e. The molecule has 1 fully saturated rings. The van der Waals surface area contributed by atoms with Crippen LogP contribution < -0.4 is 0 Å². The van der Waals surface area contributed by atoms with E-state index in [1.807, 2.05) is 48.3 Å². The van der Waals surface area contributed by atoms with Crippen LogP contribution in [0.25, 0.3) is 0 Å². The largest absolute Gasteiger partial charge is 0.345 e. The van der Waals surface area contributed by atoms with Crippen molar-refractivity contribution in [2.75, 3.05) is 6.54 Å². The van der Waals surface area contributed by atoms with E-state index >= 15 is 0 Å². The van der Waals surface area contributed by atoms with Crippen molar-refractivity contribution in [3.05, 3.63) is 53.3 Å². The van der Waals surface area contributed by atoms with Crippen molar-refractivity contribution in [3.63, 3.8) is 0 Å². The third kappa shape index (κ3) is 1.91. The summed E-state index contributed by atoms with van der Waals surface area (Å²) in [5.41, 5.74) is 3.23. The number of hydroxylamine groups is 2. The molecule has 0 spiro atoms. The number of aryl methyl sites for hydroxylation is 1. The SMILES string of the molecule is Cn1ncc2c1CN1CC2N(OCc2ccccc2)C1=O. The predicted molar refractivity (Wildman–Crippen MR) is 74.8 cm³/mol. The van der Waals surface area contributed by atoms with Crippen LogP contribution in [-0.4, -0.2) is 32.3 Å². The topological polar surface area (TPSA) is 50.6 Å². The monoisotopic (exact) mass is 284 g/mol. The number of rotatable bonds is 3. The molecule has 2 amide bonds. The summed E-state index contributed by atoms with van der Waals surface area (Å²) in [6, 6.07) is 9.75. The molecule has 6 nitrogen and oxygen atoms in total. The fourth-order valence-corrected chi connectivity index (χ4v) is 2.99. The number of urea groups is 1. The van der Waals surface area contributed by atoms with Crippen molar-refractivity contribution in [1.29, 1.82) is 0 Å². The predicted octanol–water partition coefficient (Wildman–Crippen LogP) is 1.84. The number of hydrogen-bond acceptors (Lipinski definition) is 3. The number of carbonyl (C=O) groups excluding carboxylic acids is 1. The Morgan fingerprint density at radius 2 is 2.14 bits per heavy atom. The van der Waals surface area contributed by atoms with Crippen molar-refractivity contribution >= 4 is 6.03 Å². The first-order chi connectivity index (χ1) is 10.2. The summed E-state index contributed by atoms with van der Waals surface area (Å²) < 4.78 is 1.84. The fourth-order valence-electron chi connectivity index (χ4n) is 2.99. The molecule has 2 bridgehead atoms. The first kappa shape index (κ1) is 12.4. The highest BCUT2D eigenvalue weighted by Crippen LogP contribution is 2.37. The van der Waals surface area contributed by atoms with Gasteiger partial charge >= 0.3 is 6.03 Å². The zero-order chi connectivity index (χ0) is 14.4. The van der Waals surface area contributed by atoms with E-state index in [0.29, 0.717) is 19.7 Å². The minimum Gasteiger partial charge on any atom is -0.314 e. The number of fused-ring (bicyclic) bond motifs is 4. The lowest BCUT2D eigenvalue weighted by Gasteiger charge is -2.22. The molecule has 0 saturated carbocycles. The highest BCUT2D eigenvalue weighted by Gasteiger charge is 2.45.